The maximum absolute atomic E-state index is 11.8. The number of methoxy groups -OCH3 is 1. The van der Waals surface area contributed by atoms with Gasteiger partial charge in [0.15, 0.2) is 0 Å². The Bertz CT molecular complexity index is 720. The zero-order valence-electron chi connectivity index (χ0n) is 12.5. The van der Waals surface area contributed by atoms with Gasteiger partial charge in [0.05, 0.1) is 13.5 Å². The fourth-order valence-corrected chi connectivity index (χ4v) is 2.04. The molecule has 0 radical (unpaired) electrons. The highest BCUT2D eigenvalue weighted by Gasteiger charge is 2.04. The highest BCUT2D eigenvalue weighted by Crippen LogP contribution is 2.14. The van der Waals surface area contributed by atoms with Crippen LogP contribution in [-0.4, -0.2) is 19.0 Å². The van der Waals surface area contributed by atoms with Crippen LogP contribution in [0.4, 0.5) is 0 Å². The Morgan fingerprint density at radius 2 is 1.87 bits per heavy atom. The molecular weight excluding hydrogens is 316 g/mol. The van der Waals surface area contributed by atoms with Crippen LogP contribution < -0.4 is 4.74 Å². The van der Waals surface area contributed by atoms with Crippen LogP contribution in [0.2, 0.25) is 5.02 Å². The maximum Gasteiger partial charge on any atom is 0.336 e. The van der Waals surface area contributed by atoms with Crippen LogP contribution in [0, 0.1) is 0 Å². The lowest BCUT2D eigenvalue weighted by molar-refractivity contribution is -0.139. The summed E-state index contributed by atoms with van der Waals surface area (Å²) in [4.78, 5) is 22.9. The van der Waals surface area contributed by atoms with Gasteiger partial charge in [-0.15, -0.1) is 0 Å². The number of rotatable bonds is 5. The van der Waals surface area contributed by atoms with Gasteiger partial charge in [0, 0.05) is 11.1 Å². The molecule has 0 saturated heterocycles. The fraction of sp³-hybridized carbons (Fsp3) is 0.111. The largest absolute Gasteiger partial charge is 0.469 e. The number of carbonyl (C=O) groups excluding carboxylic acids is 2. The van der Waals surface area contributed by atoms with E-state index in [2.05, 4.69) is 4.74 Å². The summed E-state index contributed by atoms with van der Waals surface area (Å²) < 4.78 is 9.77. The Balaban J connectivity index is 1.93. The SMILES string of the molecule is COC(=O)Cc1ccc(OC(=O)/C=C/c2cccc(Cl)c2)cc1. The van der Waals surface area contributed by atoms with Crippen molar-refractivity contribution in [1.29, 1.82) is 0 Å². The zero-order chi connectivity index (χ0) is 16.7. The second-order valence-electron chi connectivity index (χ2n) is 4.71. The first-order valence-corrected chi connectivity index (χ1v) is 7.26. The second-order valence-corrected chi connectivity index (χ2v) is 5.14. The van der Waals surface area contributed by atoms with E-state index in [4.69, 9.17) is 16.3 Å². The Kier molecular flexibility index (Phi) is 5.94. The summed E-state index contributed by atoms with van der Waals surface area (Å²) in [6.07, 6.45) is 3.13. The molecule has 0 bridgehead atoms. The summed E-state index contributed by atoms with van der Waals surface area (Å²) in [5.74, 6) is -0.413. The van der Waals surface area contributed by atoms with Crippen molar-refractivity contribution in [3.05, 3.63) is 70.8 Å². The van der Waals surface area contributed by atoms with Gasteiger partial charge in [0.2, 0.25) is 0 Å². The average Bonchev–Trinajstić information content (AvgIpc) is 2.55. The quantitative estimate of drug-likeness (QED) is 0.477. The third kappa shape index (κ3) is 5.60. The predicted octanol–water partition coefficient (Wildman–Crippen LogP) is 3.67. The molecule has 23 heavy (non-hydrogen) atoms. The Morgan fingerprint density at radius 1 is 1.13 bits per heavy atom. The number of carbonyl (C=O) groups is 2. The van der Waals surface area contributed by atoms with E-state index in [0.717, 1.165) is 11.1 Å². The van der Waals surface area contributed by atoms with E-state index in [9.17, 15) is 9.59 Å². The summed E-state index contributed by atoms with van der Waals surface area (Å²) in [5.41, 5.74) is 1.59. The van der Waals surface area contributed by atoms with Crippen molar-refractivity contribution < 1.29 is 19.1 Å². The number of benzene rings is 2. The van der Waals surface area contributed by atoms with Crippen LogP contribution >= 0.6 is 11.6 Å². The van der Waals surface area contributed by atoms with Crippen molar-refractivity contribution in [2.24, 2.45) is 0 Å². The zero-order valence-corrected chi connectivity index (χ0v) is 13.2. The van der Waals surface area contributed by atoms with Crippen LogP contribution in [0.3, 0.4) is 0 Å². The van der Waals surface area contributed by atoms with Gasteiger partial charge in [-0.25, -0.2) is 4.79 Å². The van der Waals surface area contributed by atoms with E-state index in [1.165, 1.54) is 13.2 Å². The maximum atomic E-state index is 11.8. The Labute approximate surface area is 139 Å². The minimum absolute atomic E-state index is 0.180. The minimum atomic E-state index is -0.495. The number of hydrogen-bond donors (Lipinski definition) is 0. The van der Waals surface area contributed by atoms with Gasteiger partial charge in [-0.2, -0.15) is 0 Å². The van der Waals surface area contributed by atoms with Crippen molar-refractivity contribution >= 4 is 29.6 Å². The summed E-state index contributed by atoms with van der Waals surface area (Å²) in [6.45, 7) is 0. The standard InChI is InChI=1S/C18H15ClO4/c1-22-18(21)12-14-5-8-16(9-6-14)23-17(20)10-7-13-3-2-4-15(19)11-13/h2-11H,12H2,1H3/b10-7+. The summed E-state index contributed by atoms with van der Waals surface area (Å²) in [6, 6.07) is 13.8. The molecule has 0 amide bonds. The Morgan fingerprint density at radius 3 is 2.52 bits per heavy atom. The normalized spacial score (nSPS) is 10.5. The average molecular weight is 331 g/mol. The van der Waals surface area contributed by atoms with Gasteiger partial charge in [-0.05, 0) is 41.5 Å². The molecule has 0 heterocycles. The van der Waals surface area contributed by atoms with Gasteiger partial charge >= 0.3 is 11.9 Å². The summed E-state index contributed by atoms with van der Waals surface area (Å²) in [5, 5.41) is 0.599. The van der Waals surface area contributed by atoms with Gasteiger partial charge < -0.3 is 9.47 Å². The molecule has 4 nitrogen and oxygen atoms in total. The lowest BCUT2D eigenvalue weighted by Gasteiger charge is -2.03. The van der Waals surface area contributed by atoms with Gasteiger partial charge in [-0.1, -0.05) is 35.9 Å². The first kappa shape index (κ1) is 16.8. The van der Waals surface area contributed by atoms with Crippen molar-refractivity contribution in [2.45, 2.75) is 6.42 Å². The molecule has 0 aliphatic carbocycles. The Hall–Kier alpha value is -2.59. The summed E-state index contributed by atoms with van der Waals surface area (Å²) in [7, 11) is 1.34. The molecule has 0 spiro atoms. The number of hydrogen-bond acceptors (Lipinski definition) is 4. The van der Waals surface area contributed by atoms with Gasteiger partial charge in [0.25, 0.3) is 0 Å². The summed E-state index contributed by atoms with van der Waals surface area (Å²) >= 11 is 5.87. The van der Waals surface area contributed by atoms with Gasteiger partial charge in [0.1, 0.15) is 5.75 Å². The molecule has 0 fully saturated rings. The molecule has 0 N–H and O–H groups in total. The van der Waals surface area contributed by atoms with Crippen molar-refractivity contribution in [3.63, 3.8) is 0 Å². The molecule has 2 aromatic carbocycles. The minimum Gasteiger partial charge on any atom is -0.469 e. The third-order valence-corrected chi connectivity index (χ3v) is 3.21. The molecule has 0 aliphatic rings. The highest BCUT2D eigenvalue weighted by molar-refractivity contribution is 6.30. The van der Waals surface area contributed by atoms with Crippen LogP contribution in [0.15, 0.2) is 54.6 Å². The topological polar surface area (TPSA) is 52.6 Å². The van der Waals surface area contributed by atoms with Crippen LogP contribution in [0.1, 0.15) is 11.1 Å². The first-order valence-electron chi connectivity index (χ1n) is 6.88. The van der Waals surface area contributed by atoms with Gasteiger partial charge in [-0.3, -0.25) is 4.79 Å². The van der Waals surface area contributed by atoms with E-state index >= 15 is 0 Å². The fourth-order valence-electron chi connectivity index (χ4n) is 1.84. The number of halogens is 1. The molecule has 0 unspecified atom stereocenters. The van der Waals surface area contributed by atoms with E-state index in [1.807, 2.05) is 6.07 Å². The van der Waals surface area contributed by atoms with Crippen LogP contribution in [0.5, 0.6) is 5.75 Å². The number of esters is 2. The van der Waals surface area contributed by atoms with Crippen LogP contribution in [-0.2, 0) is 20.7 Å². The molecule has 0 saturated carbocycles. The van der Waals surface area contributed by atoms with Crippen molar-refractivity contribution in [1.82, 2.24) is 0 Å². The first-order chi connectivity index (χ1) is 11.1. The van der Waals surface area contributed by atoms with E-state index < -0.39 is 5.97 Å². The lowest BCUT2D eigenvalue weighted by atomic mass is 10.1. The van der Waals surface area contributed by atoms with Crippen molar-refractivity contribution in [2.75, 3.05) is 7.11 Å². The molecule has 2 rings (SSSR count). The van der Waals surface area contributed by atoms with E-state index in [1.54, 1.807) is 48.5 Å². The highest BCUT2D eigenvalue weighted by atomic mass is 35.5. The molecule has 0 aliphatic heterocycles. The molecule has 5 heteroatoms. The molecule has 2 aromatic rings. The van der Waals surface area contributed by atoms with Crippen molar-refractivity contribution in [3.8, 4) is 5.75 Å². The lowest BCUT2D eigenvalue weighted by Crippen LogP contribution is -2.05. The molecule has 0 aromatic heterocycles. The monoisotopic (exact) mass is 330 g/mol. The molecule has 118 valence electrons. The number of ether oxygens (including phenoxy) is 2. The predicted molar refractivity (Wildman–Crippen MR) is 88.3 cm³/mol. The molecule has 0 atom stereocenters. The van der Waals surface area contributed by atoms with Crippen LogP contribution in [0.25, 0.3) is 6.08 Å². The third-order valence-electron chi connectivity index (χ3n) is 2.98. The second kappa shape index (κ2) is 8.15. The molecular formula is C18H15ClO4. The van der Waals surface area contributed by atoms with E-state index in [-0.39, 0.29) is 12.4 Å². The smallest absolute Gasteiger partial charge is 0.336 e. The van der Waals surface area contributed by atoms with E-state index in [0.29, 0.717) is 10.8 Å².